The summed E-state index contributed by atoms with van der Waals surface area (Å²) in [6.45, 7) is 0.954. The molecule has 1 aromatic heterocycles. The number of furan rings is 1. The van der Waals surface area contributed by atoms with E-state index in [4.69, 9.17) is 9.15 Å². The molecule has 2 nitrogen and oxygen atoms in total. The fourth-order valence-electron chi connectivity index (χ4n) is 1.63. The molecular weight excluding hydrogens is 152 g/mol. The maximum atomic E-state index is 5.52. The number of ether oxygens (including phenoxy) is 1. The van der Waals surface area contributed by atoms with Crippen molar-refractivity contribution in [3.63, 3.8) is 0 Å². The first-order valence-corrected chi connectivity index (χ1v) is 4.58. The van der Waals surface area contributed by atoms with E-state index in [1.165, 1.54) is 18.4 Å². The molecule has 1 aromatic rings. The van der Waals surface area contributed by atoms with Crippen LogP contribution in [0.25, 0.3) is 0 Å². The van der Waals surface area contributed by atoms with Crippen LogP contribution in [0.3, 0.4) is 0 Å². The SMILES string of the molecule is c1cc(CCC2CCCO2)co1. The fourth-order valence-corrected chi connectivity index (χ4v) is 1.63. The van der Waals surface area contributed by atoms with Crippen LogP contribution < -0.4 is 0 Å². The molecule has 66 valence electrons. The molecule has 1 aliphatic rings. The Labute approximate surface area is 72.5 Å². The first kappa shape index (κ1) is 7.87. The van der Waals surface area contributed by atoms with Gasteiger partial charge in [-0.3, -0.25) is 0 Å². The zero-order valence-corrected chi connectivity index (χ0v) is 7.16. The van der Waals surface area contributed by atoms with Gasteiger partial charge in [-0.1, -0.05) is 0 Å². The summed E-state index contributed by atoms with van der Waals surface area (Å²) in [6.07, 6.45) is 8.73. The maximum Gasteiger partial charge on any atom is 0.0934 e. The maximum absolute atomic E-state index is 5.52. The third kappa shape index (κ3) is 1.89. The van der Waals surface area contributed by atoms with E-state index in [1.54, 1.807) is 6.26 Å². The van der Waals surface area contributed by atoms with Crippen molar-refractivity contribution in [1.29, 1.82) is 0 Å². The van der Waals surface area contributed by atoms with Crippen LogP contribution in [0.5, 0.6) is 0 Å². The van der Waals surface area contributed by atoms with Crippen molar-refractivity contribution < 1.29 is 9.15 Å². The van der Waals surface area contributed by atoms with Crippen molar-refractivity contribution in [2.24, 2.45) is 0 Å². The van der Waals surface area contributed by atoms with Gasteiger partial charge in [0.2, 0.25) is 0 Å². The predicted octanol–water partition coefficient (Wildman–Crippen LogP) is 2.39. The first-order valence-electron chi connectivity index (χ1n) is 4.58. The zero-order valence-electron chi connectivity index (χ0n) is 7.16. The van der Waals surface area contributed by atoms with Crippen LogP contribution in [-0.2, 0) is 11.2 Å². The molecule has 1 atom stereocenters. The molecule has 1 unspecified atom stereocenters. The van der Waals surface area contributed by atoms with Crippen LogP contribution in [0.2, 0.25) is 0 Å². The van der Waals surface area contributed by atoms with Gasteiger partial charge in [0.25, 0.3) is 0 Å². The van der Waals surface area contributed by atoms with Crippen molar-refractivity contribution in [3.05, 3.63) is 24.2 Å². The lowest BCUT2D eigenvalue weighted by molar-refractivity contribution is 0.104. The lowest BCUT2D eigenvalue weighted by atomic mass is 10.1. The minimum Gasteiger partial charge on any atom is -0.472 e. The van der Waals surface area contributed by atoms with Crippen molar-refractivity contribution in [1.82, 2.24) is 0 Å². The van der Waals surface area contributed by atoms with Gasteiger partial charge in [0.1, 0.15) is 0 Å². The molecule has 2 heteroatoms. The van der Waals surface area contributed by atoms with Crippen molar-refractivity contribution in [2.45, 2.75) is 31.8 Å². The Hall–Kier alpha value is -0.760. The fraction of sp³-hybridized carbons (Fsp3) is 0.600. The van der Waals surface area contributed by atoms with Crippen LogP contribution in [0, 0.1) is 0 Å². The van der Waals surface area contributed by atoms with E-state index in [0.29, 0.717) is 6.10 Å². The van der Waals surface area contributed by atoms with E-state index in [0.717, 1.165) is 19.4 Å². The minimum absolute atomic E-state index is 0.500. The third-order valence-corrected chi connectivity index (χ3v) is 2.36. The standard InChI is InChI=1S/C10H14O2/c1-2-10(12-6-1)4-3-9-5-7-11-8-9/h5,7-8,10H,1-4,6H2. The van der Waals surface area contributed by atoms with Gasteiger partial charge < -0.3 is 9.15 Å². The molecule has 12 heavy (non-hydrogen) atoms. The summed E-state index contributed by atoms with van der Waals surface area (Å²) in [6, 6.07) is 2.02. The van der Waals surface area contributed by atoms with Crippen LogP contribution >= 0.6 is 0 Å². The molecule has 1 saturated heterocycles. The second-order valence-corrected chi connectivity index (χ2v) is 3.31. The lowest BCUT2D eigenvalue weighted by Crippen LogP contribution is -2.05. The Morgan fingerprint density at radius 1 is 1.50 bits per heavy atom. The summed E-state index contributed by atoms with van der Waals surface area (Å²) in [4.78, 5) is 0. The van der Waals surface area contributed by atoms with E-state index >= 15 is 0 Å². The van der Waals surface area contributed by atoms with E-state index in [2.05, 4.69) is 0 Å². The lowest BCUT2D eigenvalue weighted by Gasteiger charge is -2.06. The average Bonchev–Trinajstić information content (AvgIpc) is 2.74. The Morgan fingerprint density at radius 2 is 2.50 bits per heavy atom. The summed E-state index contributed by atoms with van der Waals surface area (Å²) < 4.78 is 10.5. The van der Waals surface area contributed by atoms with E-state index in [1.807, 2.05) is 12.3 Å². The monoisotopic (exact) mass is 166 g/mol. The molecule has 0 N–H and O–H groups in total. The molecule has 0 amide bonds. The third-order valence-electron chi connectivity index (χ3n) is 2.36. The molecule has 0 radical (unpaired) electrons. The zero-order chi connectivity index (χ0) is 8.23. The topological polar surface area (TPSA) is 22.4 Å². The van der Waals surface area contributed by atoms with Gasteiger partial charge in [-0.2, -0.15) is 0 Å². The molecule has 1 aliphatic heterocycles. The molecular formula is C10H14O2. The van der Waals surface area contributed by atoms with Crippen molar-refractivity contribution in [3.8, 4) is 0 Å². The second-order valence-electron chi connectivity index (χ2n) is 3.31. The molecule has 2 rings (SSSR count). The first-order chi connectivity index (χ1) is 5.95. The van der Waals surface area contributed by atoms with Crippen molar-refractivity contribution in [2.75, 3.05) is 6.61 Å². The molecule has 0 aliphatic carbocycles. The molecule has 0 spiro atoms. The number of rotatable bonds is 3. The van der Waals surface area contributed by atoms with Crippen LogP contribution in [0.4, 0.5) is 0 Å². The summed E-state index contributed by atoms with van der Waals surface area (Å²) in [5.41, 5.74) is 1.28. The molecule has 0 bridgehead atoms. The van der Waals surface area contributed by atoms with Gasteiger partial charge in [-0.25, -0.2) is 0 Å². The number of hydrogen-bond donors (Lipinski definition) is 0. The smallest absolute Gasteiger partial charge is 0.0934 e. The molecule has 1 fully saturated rings. The summed E-state index contributed by atoms with van der Waals surface area (Å²) >= 11 is 0. The highest BCUT2D eigenvalue weighted by atomic mass is 16.5. The molecule has 0 aromatic carbocycles. The Balaban J connectivity index is 1.74. The Bertz CT molecular complexity index is 210. The molecule has 0 saturated carbocycles. The largest absolute Gasteiger partial charge is 0.472 e. The quantitative estimate of drug-likeness (QED) is 0.688. The predicted molar refractivity (Wildman–Crippen MR) is 46.0 cm³/mol. The van der Waals surface area contributed by atoms with Gasteiger partial charge >= 0.3 is 0 Å². The van der Waals surface area contributed by atoms with E-state index in [9.17, 15) is 0 Å². The van der Waals surface area contributed by atoms with Gasteiger partial charge in [0, 0.05) is 6.61 Å². The summed E-state index contributed by atoms with van der Waals surface area (Å²) in [5.74, 6) is 0. The Morgan fingerprint density at radius 3 is 3.17 bits per heavy atom. The summed E-state index contributed by atoms with van der Waals surface area (Å²) in [5, 5.41) is 0. The van der Waals surface area contributed by atoms with Crippen LogP contribution in [0.1, 0.15) is 24.8 Å². The van der Waals surface area contributed by atoms with Gasteiger partial charge in [-0.05, 0) is 37.3 Å². The van der Waals surface area contributed by atoms with Crippen LogP contribution in [-0.4, -0.2) is 12.7 Å². The number of aryl methyl sites for hydroxylation is 1. The van der Waals surface area contributed by atoms with Gasteiger partial charge in [0.05, 0.1) is 18.6 Å². The van der Waals surface area contributed by atoms with Crippen molar-refractivity contribution >= 4 is 0 Å². The minimum atomic E-state index is 0.500. The van der Waals surface area contributed by atoms with Gasteiger partial charge in [-0.15, -0.1) is 0 Å². The normalized spacial score (nSPS) is 23.2. The average molecular weight is 166 g/mol. The molecule has 2 heterocycles. The second kappa shape index (κ2) is 3.76. The van der Waals surface area contributed by atoms with Gasteiger partial charge in [0.15, 0.2) is 0 Å². The number of hydrogen-bond acceptors (Lipinski definition) is 2. The van der Waals surface area contributed by atoms with E-state index < -0.39 is 0 Å². The summed E-state index contributed by atoms with van der Waals surface area (Å²) in [7, 11) is 0. The highest BCUT2D eigenvalue weighted by Crippen LogP contribution is 2.17. The highest BCUT2D eigenvalue weighted by Gasteiger charge is 2.14. The van der Waals surface area contributed by atoms with E-state index in [-0.39, 0.29) is 0 Å². The van der Waals surface area contributed by atoms with Crippen LogP contribution in [0.15, 0.2) is 23.0 Å². The Kier molecular flexibility index (Phi) is 2.47. The highest BCUT2D eigenvalue weighted by molar-refractivity contribution is 5.05.